The maximum absolute atomic E-state index is 10.9. The van der Waals surface area contributed by atoms with Crippen LogP contribution in [0.5, 0.6) is 0 Å². The van der Waals surface area contributed by atoms with Gasteiger partial charge in [0.05, 0.1) is 6.10 Å². The smallest absolute Gasteiger partial charge is 0.189 e. The monoisotopic (exact) mass is 236 g/mol. The molecule has 0 amide bonds. The van der Waals surface area contributed by atoms with Crippen LogP contribution < -0.4 is 0 Å². The number of aliphatic hydroxyl groups excluding tert-OH is 3. The molecule has 0 rings (SSSR count). The molecule has 0 aliphatic carbocycles. The molecule has 0 bridgehead atoms. The Hall–Kier alpha value is -0.273. The van der Waals surface area contributed by atoms with Crippen molar-refractivity contribution in [2.45, 2.75) is 44.9 Å². The van der Waals surface area contributed by atoms with Gasteiger partial charge in [-0.2, -0.15) is 0 Å². The lowest BCUT2D eigenvalue weighted by Crippen LogP contribution is -2.46. The van der Waals surface area contributed by atoms with Gasteiger partial charge in [-0.1, -0.05) is 0 Å². The molecule has 0 fully saturated rings. The average Bonchev–Trinajstić information content (AvgIpc) is 2.11. The molecule has 0 aliphatic heterocycles. The van der Waals surface area contributed by atoms with Crippen molar-refractivity contribution in [3.05, 3.63) is 0 Å². The zero-order valence-electron chi connectivity index (χ0n) is 9.60. The van der Waals surface area contributed by atoms with E-state index >= 15 is 0 Å². The van der Waals surface area contributed by atoms with Crippen LogP contribution in [0.4, 0.5) is 0 Å². The van der Waals surface area contributed by atoms with Crippen LogP contribution in [0.2, 0.25) is 19.6 Å². The van der Waals surface area contributed by atoms with Gasteiger partial charge in [0.1, 0.15) is 18.8 Å². The molecule has 0 aromatic rings. The van der Waals surface area contributed by atoms with E-state index in [1.807, 2.05) is 19.6 Å². The molecule has 0 aliphatic rings. The van der Waals surface area contributed by atoms with E-state index in [-0.39, 0.29) is 0 Å². The summed E-state index contributed by atoms with van der Waals surface area (Å²) in [6.07, 6.45) is -3.50. The van der Waals surface area contributed by atoms with Crippen LogP contribution in [0, 0.1) is 0 Å². The molecular weight excluding hydrogens is 216 g/mol. The fourth-order valence-electron chi connectivity index (χ4n) is 1.17. The first kappa shape index (κ1) is 14.7. The van der Waals surface area contributed by atoms with Gasteiger partial charge in [-0.05, 0) is 26.6 Å². The minimum absolute atomic E-state index is 0.623. The van der Waals surface area contributed by atoms with E-state index in [2.05, 4.69) is 0 Å². The van der Waals surface area contributed by atoms with E-state index in [0.717, 1.165) is 0 Å². The largest absolute Gasteiger partial charge is 0.412 e. The molecule has 0 radical (unpaired) electrons. The number of carbonyl (C=O) groups excluding carboxylic acids is 1. The highest BCUT2D eigenvalue weighted by molar-refractivity contribution is 6.69. The predicted octanol–water partition coefficient (Wildman–Crippen LogP) is -0.490. The van der Waals surface area contributed by atoms with Crippen LogP contribution in [0.15, 0.2) is 0 Å². The number of hydrogen-bond donors (Lipinski definition) is 3. The van der Waals surface area contributed by atoms with Crippen LogP contribution in [0.3, 0.4) is 0 Å². The third kappa shape index (κ3) is 5.38. The summed E-state index contributed by atoms with van der Waals surface area (Å²) in [6, 6.07) is 0. The average molecular weight is 236 g/mol. The second-order valence-corrected chi connectivity index (χ2v) is 8.96. The van der Waals surface area contributed by atoms with Gasteiger partial charge >= 0.3 is 0 Å². The summed E-state index contributed by atoms with van der Waals surface area (Å²) < 4.78 is 5.51. The summed E-state index contributed by atoms with van der Waals surface area (Å²) in [7, 11) is -1.82. The van der Waals surface area contributed by atoms with E-state index < -0.39 is 39.0 Å². The highest BCUT2D eigenvalue weighted by Crippen LogP contribution is 2.12. The summed E-state index contributed by atoms with van der Waals surface area (Å²) in [5.74, 6) is -0.798. The standard InChI is InChI=1S/C9H20O5Si/c1-6(14-15(2,3)4)8(12)9(13)7(11)5-10/h6,8-10,12-13H,5H2,1-4H3/t6-,8+,9+/m0/s1. The van der Waals surface area contributed by atoms with Gasteiger partial charge in [-0.15, -0.1) is 0 Å². The molecule has 0 saturated carbocycles. The van der Waals surface area contributed by atoms with Gasteiger partial charge in [-0.25, -0.2) is 0 Å². The zero-order chi connectivity index (χ0) is 12.2. The third-order valence-electron chi connectivity index (χ3n) is 1.83. The van der Waals surface area contributed by atoms with E-state index in [1.54, 1.807) is 6.92 Å². The fourth-order valence-corrected chi connectivity index (χ4v) is 2.42. The SMILES string of the molecule is C[C@H](O[Si](C)(C)C)[C@@H](O)[C@H](O)C(=O)CO. The number of carbonyl (C=O) groups is 1. The molecule has 0 spiro atoms. The first-order chi connectivity index (χ1) is 6.69. The van der Waals surface area contributed by atoms with Crippen LogP contribution in [0.1, 0.15) is 6.92 Å². The van der Waals surface area contributed by atoms with Crippen molar-refractivity contribution in [2.75, 3.05) is 6.61 Å². The molecule has 0 aromatic heterocycles. The van der Waals surface area contributed by atoms with Crippen molar-refractivity contribution in [3.8, 4) is 0 Å². The summed E-state index contributed by atoms with van der Waals surface area (Å²) in [6.45, 7) is 6.64. The summed E-state index contributed by atoms with van der Waals surface area (Å²) >= 11 is 0. The number of rotatable bonds is 6. The summed E-state index contributed by atoms with van der Waals surface area (Å²) in [5.41, 5.74) is 0. The van der Waals surface area contributed by atoms with Crippen LogP contribution >= 0.6 is 0 Å². The first-order valence-corrected chi connectivity index (χ1v) is 8.27. The molecule has 0 aromatic carbocycles. The number of ketones is 1. The summed E-state index contributed by atoms with van der Waals surface area (Å²) in [5, 5.41) is 27.4. The van der Waals surface area contributed by atoms with Crippen molar-refractivity contribution in [3.63, 3.8) is 0 Å². The Morgan fingerprint density at radius 1 is 1.33 bits per heavy atom. The normalized spacial score (nSPS) is 18.3. The Labute approximate surface area is 90.8 Å². The van der Waals surface area contributed by atoms with Gasteiger partial charge in [0, 0.05) is 0 Å². The molecule has 0 unspecified atom stereocenters. The lowest BCUT2D eigenvalue weighted by atomic mass is 10.1. The van der Waals surface area contributed by atoms with E-state index in [9.17, 15) is 15.0 Å². The van der Waals surface area contributed by atoms with Crippen molar-refractivity contribution in [1.82, 2.24) is 0 Å². The lowest BCUT2D eigenvalue weighted by molar-refractivity contribution is -0.139. The van der Waals surface area contributed by atoms with E-state index in [4.69, 9.17) is 9.53 Å². The molecule has 0 heterocycles. The summed E-state index contributed by atoms with van der Waals surface area (Å²) in [4.78, 5) is 10.9. The molecule has 3 atom stereocenters. The lowest BCUT2D eigenvalue weighted by Gasteiger charge is -2.28. The molecular formula is C9H20O5Si. The van der Waals surface area contributed by atoms with Crippen molar-refractivity contribution < 1.29 is 24.5 Å². The Morgan fingerprint density at radius 3 is 2.13 bits per heavy atom. The van der Waals surface area contributed by atoms with E-state index in [0.29, 0.717) is 0 Å². The van der Waals surface area contributed by atoms with Gasteiger partial charge in [0.2, 0.25) is 0 Å². The van der Waals surface area contributed by atoms with Crippen molar-refractivity contribution in [1.29, 1.82) is 0 Å². The Kier molecular flexibility index (Phi) is 5.61. The third-order valence-corrected chi connectivity index (χ3v) is 2.91. The molecule has 6 heteroatoms. The van der Waals surface area contributed by atoms with Crippen molar-refractivity contribution in [2.24, 2.45) is 0 Å². The Bertz CT molecular complexity index is 213. The molecule has 15 heavy (non-hydrogen) atoms. The minimum Gasteiger partial charge on any atom is -0.412 e. The molecule has 5 nitrogen and oxygen atoms in total. The number of Topliss-reactive ketones (excluding diaryl/α,β-unsaturated/α-hetero) is 1. The zero-order valence-corrected chi connectivity index (χ0v) is 10.6. The maximum Gasteiger partial charge on any atom is 0.189 e. The van der Waals surface area contributed by atoms with Crippen LogP contribution in [-0.2, 0) is 9.22 Å². The second kappa shape index (κ2) is 5.71. The van der Waals surface area contributed by atoms with Gasteiger partial charge in [0.15, 0.2) is 14.1 Å². The highest BCUT2D eigenvalue weighted by Gasteiger charge is 2.31. The molecule has 0 saturated heterocycles. The molecule has 3 N–H and O–H groups in total. The predicted molar refractivity (Wildman–Crippen MR) is 58.0 cm³/mol. The van der Waals surface area contributed by atoms with Crippen molar-refractivity contribution >= 4 is 14.1 Å². The minimum atomic E-state index is -1.82. The van der Waals surface area contributed by atoms with Gasteiger partial charge < -0.3 is 19.7 Å². The van der Waals surface area contributed by atoms with Gasteiger partial charge in [-0.3, -0.25) is 4.79 Å². The maximum atomic E-state index is 10.9. The van der Waals surface area contributed by atoms with Crippen LogP contribution in [0.25, 0.3) is 0 Å². The quantitative estimate of drug-likeness (QED) is 0.542. The topological polar surface area (TPSA) is 87.0 Å². The molecule has 90 valence electrons. The Balaban J connectivity index is 4.31. The number of hydrogen-bond acceptors (Lipinski definition) is 5. The van der Waals surface area contributed by atoms with Gasteiger partial charge in [0.25, 0.3) is 0 Å². The highest BCUT2D eigenvalue weighted by atomic mass is 28.4. The first-order valence-electron chi connectivity index (χ1n) is 4.86. The second-order valence-electron chi connectivity index (χ2n) is 4.50. The van der Waals surface area contributed by atoms with Crippen LogP contribution in [-0.4, -0.2) is 54.3 Å². The number of aliphatic hydroxyl groups is 3. The Morgan fingerprint density at radius 2 is 1.80 bits per heavy atom. The fraction of sp³-hybridized carbons (Fsp3) is 0.889. The van der Waals surface area contributed by atoms with E-state index in [1.165, 1.54) is 0 Å².